The van der Waals surface area contributed by atoms with E-state index in [4.69, 9.17) is 9.88 Å². The van der Waals surface area contributed by atoms with E-state index in [1.165, 1.54) is 29.2 Å². The van der Waals surface area contributed by atoms with Crippen molar-refractivity contribution in [2.24, 2.45) is 5.14 Å². The number of halogens is 8. The van der Waals surface area contributed by atoms with Gasteiger partial charge in [0.05, 0.1) is 34.8 Å². The van der Waals surface area contributed by atoms with Gasteiger partial charge in [-0.1, -0.05) is 0 Å². The smallest absolute Gasteiger partial charge is 0.378 e. The number of nitrogens with zero attached hydrogens (tertiary/aromatic N) is 4. The SMILES string of the molecule is Fc1cc(N2CCNCC2)ccc1C(F)(F)F.NS(=O)(=O)c1ccc(N2CCOCC2)c(C(=O)N2CCN(c3ccc(C(F)(F)F)c(F)c3)CC2)c1. The summed E-state index contributed by atoms with van der Waals surface area (Å²) in [4.78, 5) is 20.3. The molecule has 1 amide bonds. The van der Waals surface area contributed by atoms with Crippen LogP contribution in [0.25, 0.3) is 0 Å². The van der Waals surface area contributed by atoms with Crippen molar-refractivity contribution in [1.29, 1.82) is 0 Å². The van der Waals surface area contributed by atoms with Crippen LogP contribution in [0.4, 0.5) is 52.2 Å². The first kappa shape index (κ1) is 39.0. The molecule has 3 fully saturated rings. The minimum Gasteiger partial charge on any atom is -0.378 e. The number of morpholine rings is 1. The van der Waals surface area contributed by atoms with Gasteiger partial charge in [-0.25, -0.2) is 22.3 Å². The van der Waals surface area contributed by atoms with Crippen LogP contribution in [0, 0.1) is 11.6 Å². The van der Waals surface area contributed by atoms with Gasteiger partial charge in [-0.15, -0.1) is 0 Å². The van der Waals surface area contributed by atoms with Crippen LogP contribution in [-0.4, -0.2) is 97.9 Å². The molecule has 0 atom stereocenters. The Hall–Kier alpha value is -4.20. The molecular formula is C33H36F8N6O4S. The summed E-state index contributed by atoms with van der Waals surface area (Å²) in [5, 5.41) is 8.39. The quantitative estimate of drug-likeness (QED) is 0.365. The highest BCUT2D eigenvalue weighted by atomic mass is 32.2. The molecule has 3 aliphatic rings. The summed E-state index contributed by atoms with van der Waals surface area (Å²) < 4.78 is 132. The second-order valence-corrected chi connectivity index (χ2v) is 13.7. The van der Waals surface area contributed by atoms with E-state index in [9.17, 15) is 48.3 Å². The van der Waals surface area contributed by atoms with E-state index in [1.807, 2.05) is 9.80 Å². The molecule has 0 unspecified atom stereocenters. The topological polar surface area (TPSA) is 111 Å². The van der Waals surface area contributed by atoms with Gasteiger partial charge < -0.3 is 29.7 Å². The van der Waals surface area contributed by atoms with E-state index in [1.54, 1.807) is 11.0 Å². The summed E-state index contributed by atoms with van der Waals surface area (Å²) in [6.07, 6.45) is -9.41. The fourth-order valence-corrected chi connectivity index (χ4v) is 6.61. The van der Waals surface area contributed by atoms with Crippen molar-refractivity contribution in [3.63, 3.8) is 0 Å². The van der Waals surface area contributed by atoms with E-state index in [0.717, 1.165) is 31.3 Å². The molecule has 3 aromatic rings. The number of sulfonamides is 1. The number of benzene rings is 3. The Bertz CT molecular complexity index is 1840. The minimum absolute atomic E-state index is 0.184. The van der Waals surface area contributed by atoms with Gasteiger partial charge in [0.15, 0.2) is 0 Å². The van der Waals surface area contributed by atoms with E-state index in [-0.39, 0.29) is 42.3 Å². The molecule has 0 saturated carbocycles. The molecule has 10 nitrogen and oxygen atoms in total. The number of ether oxygens (including phenoxy) is 1. The zero-order valence-corrected chi connectivity index (χ0v) is 28.4. The van der Waals surface area contributed by atoms with Crippen LogP contribution in [0.3, 0.4) is 0 Å². The number of rotatable bonds is 5. The maximum absolute atomic E-state index is 14.0. The number of amides is 1. The molecule has 6 rings (SSSR count). The lowest BCUT2D eigenvalue weighted by molar-refractivity contribution is -0.140. The number of nitrogens with two attached hydrogens (primary N) is 1. The monoisotopic (exact) mass is 764 g/mol. The van der Waals surface area contributed by atoms with Gasteiger partial charge in [-0.2, -0.15) is 26.3 Å². The minimum atomic E-state index is -4.78. The molecular weight excluding hydrogens is 728 g/mol. The molecule has 3 N–H and O–H groups in total. The van der Waals surface area contributed by atoms with Crippen LogP contribution in [-0.2, 0) is 27.1 Å². The number of hydrogen-bond acceptors (Lipinski definition) is 8. The van der Waals surface area contributed by atoms with Gasteiger partial charge in [0.2, 0.25) is 10.0 Å². The lowest BCUT2D eigenvalue weighted by Crippen LogP contribution is -2.49. The summed E-state index contributed by atoms with van der Waals surface area (Å²) in [7, 11) is -4.04. The van der Waals surface area contributed by atoms with Crippen LogP contribution < -0.4 is 25.2 Å². The number of alkyl halides is 6. The largest absolute Gasteiger partial charge is 0.419 e. The number of hydrogen-bond donors (Lipinski definition) is 2. The Morgan fingerprint density at radius 2 is 1.17 bits per heavy atom. The van der Waals surface area contributed by atoms with Crippen molar-refractivity contribution in [2.45, 2.75) is 17.2 Å². The molecule has 3 saturated heterocycles. The average molecular weight is 765 g/mol. The van der Waals surface area contributed by atoms with Crippen LogP contribution >= 0.6 is 0 Å². The summed E-state index contributed by atoms with van der Waals surface area (Å²) in [6.45, 7) is 5.79. The standard InChI is InChI=1S/C22H24F4N4O4S.C11H12F4N2/c23-19-13-15(1-3-18(19)22(24,25)26)28-5-7-30(8-6-28)21(31)17-14-16(35(27,32)33)2-4-20(17)29-9-11-34-12-10-29;12-10-7-8(17-5-3-16-4-6-17)1-2-9(10)11(13,14)15/h1-4,13-14H,5-12H2,(H2,27,32,33);1-2,7,16H,3-6H2. The van der Waals surface area contributed by atoms with E-state index < -0.39 is 51.0 Å². The second kappa shape index (κ2) is 15.8. The van der Waals surface area contributed by atoms with Gasteiger partial charge in [-0.05, 0) is 54.6 Å². The first-order valence-electron chi connectivity index (χ1n) is 16.2. The summed E-state index contributed by atoms with van der Waals surface area (Å²) in [5.41, 5.74) is -1.01. The molecule has 52 heavy (non-hydrogen) atoms. The highest BCUT2D eigenvalue weighted by Gasteiger charge is 2.35. The molecule has 284 valence electrons. The third kappa shape index (κ3) is 9.42. The summed E-state index contributed by atoms with van der Waals surface area (Å²) in [5.74, 6) is -2.97. The Labute approximate surface area is 294 Å². The van der Waals surface area contributed by atoms with Gasteiger partial charge in [0.1, 0.15) is 11.6 Å². The maximum Gasteiger partial charge on any atom is 0.419 e. The molecule has 0 radical (unpaired) electrons. The average Bonchev–Trinajstić information content (AvgIpc) is 3.10. The fraction of sp³-hybridized carbons (Fsp3) is 0.424. The second-order valence-electron chi connectivity index (χ2n) is 12.2. The lowest BCUT2D eigenvalue weighted by atomic mass is 10.1. The number of carbonyl (C=O) groups excluding carboxylic acids is 1. The van der Waals surface area contributed by atoms with Gasteiger partial charge in [0, 0.05) is 82.5 Å². The Kier molecular flexibility index (Phi) is 11.9. The molecule has 3 heterocycles. The molecule has 3 aromatic carbocycles. The first-order valence-corrected chi connectivity index (χ1v) is 17.7. The summed E-state index contributed by atoms with van der Waals surface area (Å²) in [6, 6.07) is 9.99. The first-order chi connectivity index (χ1) is 24.4. The molecule has 0 spiro atoms. The molecule has 19 heteroatoms. The zero-order chi connectivity index (χ0) is 37.8. The highest BCUT2D eigenvalue weighted by molar-refractivity contribution is 7.89. The zero-order valence-electron chi connectivity index (χ0n) is 27.6. The van der Waals surface area contributed by atoms with E-state index >= 15 is 0 Å². The van der Waals surface area contributed by atoms with Gasteiger partial charge >= 0.3 is 12.4 Å². The van der Waals surface area contributed by atoms with E-state index in [0.29, 0.717) is 56.8 Å². The van der Waals surface area contributed by atoms with Gasteiger partial charge in [-0.3, -0.25) is 4.79 Å². The van der Waals surface area contributed by atoms with Crippen molar-refractivity contribution in [1.82, 2.24) is 10.2 Å². The number of nitrogens with one attached hydrogen (secondary N) is 1. The number of anilines is 3. The van der Waals surface area contributed by atoms with Gasteiger partial charge in [0.25, 0.3) is 5.91 Å². The highest BCUT2D eigenvalue weighted by Crippen LogP contribution is 2.35. The Morgan fingerprint density at radius 3 is 1.63 bits per heavy atom. The van der Waals surface area contributed by atoms with Crippen molar-refractivity contribution >= 4 is 33.0 Å². The molecule has 0 bridgehead atoms. The predicted octanol–water partition coefficient (Wildman–Crippen LogP) is 4.55. The lowest BCUT2D eigenvalue weighted by Gasteiger charge is -2.37. The molecule has 0 aliphatic carbocycles. The molecule has 3 aliphatic heterocycles. The van der Waals surface area contributed by atoms with E-state index in [2.05, 4.69) is 5.32 Å². The number of carbonyl (C=O) groups is 1. The van der Waals surface area contributed by atoms with Crippen LogP contribution in [0.5, 0.6) is 0 Å². The number of primary sulfonamides is 1. The Morgan fingerprint density at radius 1 is 0.673 bits per heavy atom. The third-order valence-electron chi connectivity index (χ3n) is 8.81. The predicted molar refractivity (Wildman–Crippen MR) is 177 cm³/mol. The van der Waals surface area contributed by atoms with Crippen molar-refractivity contribution < 1.29 is 53.1 Å². The van der Waals surface area contributed by atoms with Crippen LogP contribution in [0.2, 0.25) is 0 Å². The van der Waals surface area contributed by atoms with Crippen molar-refractivity contribution in [3.05, 3.63) is 82.9 Å². The molecule has 0 aromatic heterocycles. The van der Waals surface area contributed by atoms with Crippen LogP contribution in [0.15, 0.2) is 59.5 Å². The van der Waals surface area contributed by atoms with Crippen LogP contribution in [0.1, 0.15) is 21.5 Å². The van der Waals surface area contributed by atoms with Crippen molar-refractivity contribution in [2.75, 3.05) is 93.4 Å². The Balaban J connectivity index is 0.000000257. The fourth-order valence-electron chi connectivity index (χ4n) is 6.07. The summed E-state index contributed by atoms with van der Waals surface area (Å²) >= 11 is 0. The normalized spacial score (nSPS) is 17.5. The maximum atomic E-state index is 14.0. The van der Waals surface area contributed by atoms with Crippen molar-refractivity contribution in [3.8, 4) is 0 Å². The third-order valence-corrected chi connectivity index (χ3v) is 9.72. The number of piperazine rings is 2.